The summed E-state index contributed by atoms with van der Waals surface area (Å²) < 4.78 is 5.61. The summed E-state index contributed by atoms with van der Waals surface area (Å²) in [5.74, 6) is 1.35. The molecule has 0 spiro atoms. The predicted octanol–water partition coefficient (Wildman–Crippen LogP) is 3.99. The van der Waals surface area contributed by atoms with Crippen LogP contribution >= 0.6 is 11.6 Å². The van der Waals surface area contributed by atoms with Crippen molar-refractivity contribution < 1.29 is 9.21 Å². The van der Waals surface area contributed by atoms with E-state index in [9.17, 15) is 4.79 Å². The van der Waals surface area contributed by atoms with E-state index >= 15 is 0 Å². The fourth-order valence-electron chi connectivity index (χ4n) is 3.88. The summed E-state index contributed by atoms with van der Waals surface area (Å²) in [6.45, 7) is 2.72. The van der Waals surface area contributed by atoms with E-state index in [1.807, 2.05) is 36.4 Å². The van der Waals surface area contributed by atoms with Crippen molar-refractivity contribution in [3.63, 3.8) is 0 Å². The van der Waals surface area contributed by atoms with E-state index in [1.165, 1.54) is 12.8 Å². The summed E-state index contributed by atoms with van der Waals surface area (Å²) in [5, 5.41) is 3.90. The summed E-state index contributed by atoms with van der Waals surface area (Å²) in [6.07, 6.45) is 5.00. The highest BCUT2D eigenvalue weighted by Gasteiger charge is 2.45. The molecule has 0 bridgehead atoms. The topological polar surface area (TPSA) is 45.5 Å². The van der Waals surface area contributed by atoms with Crippen LogP contribution in [0.15, 0.2) is 47.1 Å². The van der Waals surface area contributed by atoms with Gasteiger partial charge in [0.2, 0.25) is 5.91 Å². The van der Waals surface area contributed by atoms with Gasteiger partial charge < -0.3 is 9.73 Å². The fourth-order valence-corrected chi connectivity index (χ4v) is 4.15. The van der Waals surface area contributed by atoms with Crippen molar-refractivity contribution in [3.05, 3.63) is 59.0 Å². The molecule has 1 N–H and O–H groups in total. The van der Waals surface area contributed by atoms with Gasteiger partial charge in [-0.3, -0.25) is 9.69 Å². The Morgan fingerprint density at radius 1 is 1.24 bits per heavy atom. The number of carbonyl (C=O) groups is 1. The van der Waals surface area contributed by atoms with Gasteiger partial charge in [-0.1, -0.05) is 29.8 Å². The Morgan fingerprint density at radius 2 is 2.04 bits per heavy atom. The SMILES string of the molecule is O=C(NCC(c1ccco1)N1CCCC1)C1CC1c1ccccc1Cl. The number of amides is 1. The third kappa shape index (κ3) is 3.60. The van der Waals surface area contributed by atoms with Gasteiger partial charge in [0.15, 0.2) is 0 Å². The quantitative estimate of drug-likeness (QED) is 0.849. The van der Waals surface area contributed by atoms with Crippen LogP contribution in [-0.2, 0) is 4.79 Å². The number of nitrogens with zero attached hydrogens (tertiary/aromatic N) is 1. The van der Waals surface area contributed by atoms with Gasteiger partial charge >= 0.3 is 0 Å². The molecule has 2 fully saturated rings. The zero-order valence-electron chi connectivity index (χ0n) is 14.2. The minimum atomic E-state index is 0.0377. The molecule has 1 amide bonds. The highest BCUT2D eigenvalue weighted by atomic mass is 35.5. The smallest absolute Gasteiger partial charge is 0.223 e. The third-order valence-corrected chi connectivity index (χ3v) is 5.70. The zero-order chi connectivity index (χ0) is 17.2. The first-order valence-corrected chi connectivity index (χ1v) is 9.41. The van der Waals surface area contributed by atoms with Crippen molar-refractivity contribution in [1.82, 2.24) is 10.2 Å². The minimum absolute atomic E-state index is 0.0377. The van der Waals surface area contributed by atoms with Gasteiger partial charge in [0, 0.05) is 17.5 Å². The van der Waals surface area contributed by atoms with Crippen LogP contribution in [0, 0.1) is 5.92 Å². The molecule has 1 saturated heterocycles. The maximum Gasteiger partial charge on any atom is 0.223 e. The lowest BCUT2D eigenvalue weighted by Gasteiger charge is -2.26. The molecule has 1 aliphatic carbocycles. The maximum atomic E-state index is 12.6. The van der Waals surface area contributed by atoms with E-state index in [0.717, 1.165) is 35.9 Å². The van der Waals surface area contributed by atoms with Crippen molar-refractivity contribution in [2.75, 3.05) is 19.6 Å². The molecule has 25 heavy (non-hydrogen) atoms. The number of hydrogen-bond donors (Lipinski definition) is 1. The molecule has 3 unspecified atom stereocenters. The van der Waals surface area contributed by atoms with E-state index in [0.29, 0.717) is 6.54 Å². The van der Waals surface area contributed by atoms with Crippen LogP contribution in [0.2, 0.25) is 5.02 Å². The summed E-state index contributed by atoms with van der Waals surface area (Å²) in [6, 6.07) is 11.9. The van der Waals surface area contributed by atoms with Crippen molar-refractivity contribution in [2.45, 2.75) is 31.2 Å². The second kappa shape index (κ2) is 7.22. The summed E-state index contributed by atoms with van der Waals surface area (Å²) in [5.41, 5.74) is 1.09. The Morgan fingerprint density at radius 3 is 2.76 bits per heavy atom. The lowest BCUT2D eigenvalue weighted by molar-refractivity contribution is -0.122. The summed E-state index contributed by atoms with van der Waals surface area (Å²) in [7, 11) is 0. The van der Waals surface area contributed by atoms with E-state index < -0.39 is 0 Å². The molecule has 4 nitrogen and oxygen atoms in total. The largest absolute Gasteiger partial charge is 0.468 e. The van der Waals surface area contributed by atoms with Gasteiger partial charge in [-0.2, -0.15) is 0 Å². The average Bonchev–Trinajstić information content (AvgIpc) is 3.03. The summed E-state index contributed by atoms with van der Waals surface area (Å²) in [4.78, 5) is 15.0. The van der Waals surface area contributed by atoms with E-state index in [4.69, 9.17) is 16.0 Å². The van der Waals surface area contributed by atoms with Crippen LogP contribution in [0.5, 0.6) is 0 Å². The first kappa shape index (κ1) is 16.7. The number of hydrogen-bond acceptors (Lipinski definition) is 3. The van der Waals surface area contributed by atoms with Gasteiger partial charge in [0.05, 0.1) is 12.3 Å². The van der Waals surface area contributed by atoms with E-state index in [2.05, 4.69) is 10.2 Å². The Balaban J connectivity index is 1.37. The first-order chi connectivity index (χ1) is 12.2. The van der Waals surface area contributed by atoms with E-state index in [-0.39, 0.29) is 23.8 Å². The van der Waals surface area contributed by atoms with Crippen molar-refractivity contribution in [3.8, 4) is 0 Å². The number of halogens is 1. The molecule has 132 valence electrons. The second-order valence-corrected chi connectivity index (χ2v) is 7.40. The summed E-state index contributed by atoms with van der Waals surface area (Å²) >= 11 is 6.26. The molecular weight excluding hydrogens is 336 g/mol. The van der Waals surface area contributed by atoms with Gasteiger partial charge in [-0.25, -0.2) is 0 Å². The Hall–Kier alpha value is -1.78. The number of carbonyl (C=O) groups excluding carboxylic acids is 1. The van der Waals surface area contributed by atoms with Crippen molar-refractivity contribution in [1.29, 1.82) is 0 Å². The molecular formula is C20H23ClN2O2. The Bertz CT molecular complexity index is 725. The second-order valence-electron chi connectivity index (χ2n) is 6.99. The van der Waals surface area contributed by atoms with Crippen LogP contribution < -0.4 is 5.32 Å². The van der Waals surface area contributed by atoms with Gasteiger partial charge in [0.25, 0.3) is 0 Å². The molecule has 4 rings (SSSR count). The number of likely N-dealkylation sites (tertiary alicyclic amines) is 1. The number of nitrogens with one attached hydrogen (secondary N) is 1. The minimum Gasteiger partial charge on any atom is -0.468 e. The first-order valence-electron chi connectivity index (χ1n) is 9.03. The van der Waals surface area contributed by atoms with Crippen LogP contribution in [0.3, 0.4) is 0 Å². The maximum absolute atomic E-state index is 12.6. The lowest BCUT2D eigenvalue weighted by Crippen LogP contribution is -2.37. The number of furan rings is 1. The molecule has 1 aromatic carbocycles. The Kier molecular flexibility index (Phi) is 4.82. The van der Waals surface area contributed by atoms with Crippen LogP contribution in [0.25, 0.3) is 0 Å². The standard InChI is InChI=1S/C20H23ClN2O2/c21-17-7-2-1-6-14(17)15-12-16(15)20(24)22-13-18(19-8-5-11-25-19)23-9-3-4-10-23/h1-2,5-8,11,15-16,18H,3-4,9-10,12-13H2,(H,22,24). The molecule has 0 radical (unpaired) electrons. The lowest BCUT2D eigenvalue weighted by atomic mass is 10.1. The molecule has 5 heteroatoms. The highest BCUT2D eigenvalue weighted by molar-refractivity contribution is 6.31. The van der Waals surface area contributed by atoms with Gasteiger partial charge in [-0.05, 0) is 62.0 Å². The van der Waals surface area contributed by atoms with Crippen molar-refractivity contribution >= 4 is 17.5 Å². The van der Waals surface area contributed by atoms with Gasteiger partial charge in [0.1, 0.15) is 5.76 Å². The van der Waals surface area contributed by atoms with Crippen LogP contribution in [-0.4, -0.2) is 30.4 Å². The van der Waals surface area contributed by atoms with E-state index in [1.54, 1.807) is 6.26 Å². The molecule has 2 aromatic rings. The highest BCUT2D eigenvalue weighted by Crippen LogP contribution is 2.49. The molecule has 1 aromatic heterocycles. The average molecular weight is 359 g/mol. The predicted molar refractivity (Wildman–Crippen MR) is 97.6 cm³/mol. The van der Waals surface area contributed by atoms with Crippen molar-refractivity contribution in [2.24, 2.45) is 5.92 Å². The molecule has 3 atom stereocenters. The normalized spacial score (nSPS) is 24.2. The molecule has 1 aliphatic heterocycles. The van der Waals surface area contributed by atoms with Crippen LogP contribution in [0.1, 0.15) is 42.5 Å². The zero-order valence-corrected chi connectivity index (χ0v) is 14.9. The van der Waals surface area contributed by atoms with Gasteiger partial charge in [-0.15, -0.1) is 0 Å². The number of benzene rings is 1. The molecule has 2 heterocycles. The monoisotopic (exact) mass is 358 g/mol. The Labute approximate surface area is 153 Å². The number of rotatable bonds is 6. The molecule has 1 saturated carbocycles. The third-order valence-electron chi connectivity index (χ3n) is 5.35. The molecule has 2 aliphatic rings. The van der Waals surface area contributed by atoms with Crippen LogP contribution in [0.4, 0.5) is 0 Å². The fraction of sp³-hybridized carbons (Fsp3) is 0.450.